The zero-order valence-corrected chi connectivity index (χ0v) is 42.2. The first-order chi connectivity index (χ1) is 26.5. The maximum atomic E-state index is 8.48. The number of ether oxygens (including phenoxy) is 8. The zero-order chi connectivity index (χ0) is 40.6. The van der Waals surface area contributed by atoms with Crippen LogP contribution in [-0.4, -0.2) is 180 Å². The van der Waals surface area contributed by atoms with Crippen LogP contribution in [0.3, 0.4) is 0 Å². The van der Waals surface area contributed by atoms with E-state index in [4.69, 9.17) is 44.9 Å². The Hall–Kier alpha value is 1.65. The Morgan fingerprint density at radius 3 is 0.685 bits per heavy atom. The van der Waals surface area contributed by atoms with Crippen molar-refractivity contribution in [2.45, 2.75) is 74.7 Å². The first-order valence-corrected chi connectivity index (χ1v) is 31.3. The van der Waals surface area contributed by atoms with Crippen LogP contribution in [0.1, 0.15) is 74.7 Å². The average Bonchev–Trinajstić information content (AvgIpc) is 3.17. The summed E-state index contributed by atoms with van der Waals surface area (Å²) < 4.78 is 62.1. The molecule has 1 atom stereocenters. The summed E-state index contributed by atoms with van der Waals surface area (Å²) in [7, 11) is -1.43. The van der Waals surface area contributed by atoms with Crippen molar-refractivity contribution in [1.29, 1.82) is 0 Å². The number of unbranched alkanes of at least 4 members (excludes halogenated alkanes) is 2. The summed E-state index contributed by atoms with van der Waals surface area (Å²) >= 11 is -1.91. The summed E-state index contributed by atoms with van der Waals surface area (Å²) in [6.45, 7) is 31.0. The number of rotatable bonds is 41. The molecule has 10 nitrogen and oxygen atoms in total. The quantitative estimate of drug-likeness (QED) is 0.0442. The average molecular weight is 941 g/mol. The fraction of sp³-hybridized carbons (Fsp3) is 1.00. The molecule has 0 bridgehead atoms. The molecule has 0 fully saturated rings. The van der Waals surface area contributed by atoms with E-state index < -0.39 is 17.6 Å². The van der Waals surface area contributed by atoms with Crippen LogP contribution in [0.5, 0.6) is 0 Å². The molecule has 0 aromatic carbocycles. The van der Waals surface area contributed by atoms with E-state index in [2.05, 4.69) is 55.4 Å². The van der Waals surface area contributed by atoms with Gasteiger partial charge in [-0.25, -0.2) is 0 Å². The van der Waals surface area contributed by atoms with Crippen molar-refractivity contribution in [1.82, 2.24) is 0 Å². The van der Waals surface area contributed by atoms with E-state index in [-0.39, 0.29) is 31.7 Å². The van der Waals surface area contributed by atoms with Gasteiger partial charge < -0.3 is 37.9 Å². The Morgan fingerprint density at radius 1 is 0.296 bits per heavy atom. The van der Waals surface area contributed by atoms with Gasteiger partial charge in [-0.2, -0.15) is 0 Å². The van der Waals surface area contributed by atoms with Crippen molar-refractivity contribution in [2.24, 2.45) is 0 Å². The van der Waals surface area contributed by atoms with Gasteiger partial charge in [-0.15, -0.1) is 0 Å². The Morgan fingerprint density at radius 2 is 0.500 bits per heavy atom. The molecule has 329 valence electrons. The van der Waals surface area contributed by atoms with Crippen LogP contribution in [0.2, 0.25) is 0 Å². The molecule has 0 aromatic rings. The Kier molecular flexibility index (Phi) is 60.7. The molecule has 1 unspecified atom stereocenters. The van der Waals surface area contributed by atoms with Gasteiger partial charge in [0.2, 0.25) is 0 Å². The van der Waals surface area contributed by atoms with E-state index in [0.29, 0.717) is 0 Å². The van der Waals surface area contributed by atoms with Crippen LogP contribution in [0, 0.1) is 0 Å². The van der Waals surface area contributed by atoms with E-state index in [0.717, 1.165) is 106 Å². The van der Waals surface area contributed by atoms with Crippen molar-refractivity contribution in [3.63, 3.8) is 0 Å². The van der Waals surface area contributed by atoms with Crippen molar-refractivity contribution in [3.8, 4) is 0 Å². The van der Waals surface area contributed by atoms with Crippen LogP contribution in [0.25, 0.3) is 0 Å². The molecular weight excluding hydrogens is 850 g/mol. The zero-order valence-electron chi connectivity index (χ0n) is 36.4. The standard InChI is InChI=1S/C21H46O4P2.C18H40O4P2.2O.Tc/c1-5-9-10-11-25-15-19-27(18-14-24-8-4)21-20-26(16-12-22-6-2)17-13-23-7-3;1-5-19-9-13-23(14-10-20-6-2)17-18-24(15-11-21-7-3)16-12-22-8-4;;;/h5-21H2,1-4H3;5-18H2,1-4H3;;;/p+4. The van der Waals surface area contributed by atoms with Crippen molar-refractivity contribution in [3.05, 3.63) is 0 Å². The van der Waals surface area contributed by atoms with Gasteiger partial charge in [0.15, 0.2) is 0 Å². The molecule has 0 heterocycles. The monoisotopic (exact) mass is 939 g/mol. The van der Waals surface area contributed by atoms with Crippen molar-refractivity contribution < 1.29 is 62.5 Å². The normalized spacial score (nSPS) is 11.8. The van der Waals surface area contributed by atoms with Crippen molar-refractivity contribution >= 4 is 31.7 Å². The summed E-state index contributed by atoms with van der Waals surface area (Å²) in [6.07, 6.45) is 19.5. The van der Waals surface area contributed by atoms with Crippen LogP contribution in [-0.2, 0) is 62.5 Å². The second-order valence-electron chi connectivity index (χ2n) is 12.8. The molecule has 0 aromatic heterocycles. The summed E-state index contributed by atoms with van der Waals surface area (Å²) in [5.74, 6) is 0. The van der Waals surface area contributed by atoms with Gasteiger partial charge >= 0.3 is 24.6 Å². The first kappa shape index (κ1) is 60.0. The van der Waals surface area contributed by atoms with Gasteiger partial charge in [-0.3, -0.25) is 0 Å². The van der Waals surface area contributed by atoms with E-state index in [1.807, 2.05) is 0 Å². The first-order valence-electron chi connectivity index (χ1n) is 21.3. The number of hydrogen-bond donors (Lipinski definition) is 0. The molecule has 0 N–H and O–H groups in total. The van der Waals surface area contributed by atoms with Gasteiger partial charge in [0.25, 0.3) is 0 Å². The third-order valence-electron chi connectivity index (χ3n) is 8.78. The van der Waals surface area contributed by atoms with E-state index >= 15 is 0 Å². The third-order valence-corrected chi connectivity index (χ3v) is 20.9. The van der Waals surface area contributed by atoms with Crippen LogP contribution >= 0.6 is 31.7 Å². The second kappa shape index (κ2) is 54.6. The van der Waals surface area contributed by atoms with Gasteiger partial charge in [0, 0.05) is 84.5 Å². The van der Waals surface area contributed by atoms with Gasteiger partial charge in [-0.1, -0.05) is 19.8 Å². The molecule has 0 saturated heterocycles. The minimum absolute atomic E-state index is 0.351. The fourth-order valence-corrected chi connectivity index (χ4v) is 17.6. The molecule has 0 rings (SSSR count). The van der Waals surface area contributed by atoms with E-state index in [9.17, 15) is 0 Å². The molecule has 0 aliphatic heterocycles. The molecule has 54 heavy (non-hydrogen) atoms. The van der Waals surface area contributed by atoms with E-state index in [1.54, 1.807) is 0 Å². The SMILES string of the molecule is CCCCCOCC[PH+](CCOCC)CC[PH+](CCOCC)CCOCC.CCOCC[PH+](CCOCC)CC[PH+](CCOCC)CCOCC.[O]=[Tc]=[O]. The summed E-state index contributed by atoms with van der Waals surface area (Å²) in [5.41, 5.74) is 0. The molecule has 15 heteroatoms. The summed E-state index contributed by atoms with van der Waals surface area (Å²) in [5, 5.41) is 0. The summed E-state index contributed by atoms with van der Waals surface area (Å²) in [4.78, 5) is 0. The van der Waals surface area contributed by atoms with Gasteiger partial charge in [0.1, 0.15) is 0 Å². The molecule has 0 radical (unpaired) electrons. The molecule has 0 aliphatic rings. The van der Waals surface area contributed by atoms with Crippen LogP contribution < -0.4 is 0 Å². The van der Waals surface area contributed by atoms with Crippen LogP contribution in [0.4, 0.5) is 0 Å². The fourth-order valence-electron chi connectivity index (χ4n) is 5.51. The summed E-state index contributed by atoms with van der Waals surface area (Å²) in [6, 6.07) is 0. The Labute approximate surface area is 347 Å². The van der Waals surface area contributed by atoms with Crippen molar-refractivity contribution in [2.75, 3.05) is 180 Å². The molecule has 0 spiro atoms. The number of hydrogen-bond acceptors (Lipinski definition) is 10. The second-order valence-corrected chi connectivity index (χ2v) is 25.1. The predicted octanol–water partition coefficient (Wildman–Crippen LogP) is 8.05. The van der Waals surface area contributed by atoms with Crippen LogP contribution in [0.15, 0.2) is 0 Å². The Balaban J connectivity index is -0.000000902. The topological polar surface area (TPSA) is 108 Å². The van der Waals surface area contributed by atoms with Gasteiger partial charge in [0.05, 0.1) is 127 Å². The third kappa shape index (κ3) is 49.8. The predicted molar refractivity (Wildman–Crippen MR) is 239 cm³/mol. The van der Waals surface area contributed by atoms with Gasteiger partial charge in [-0.05, 0) is 54.9 Å². The Bertz CT molecular complexity index is 664. The maximum absolute atomic E-state index is 8.48. The molecule has 0 saturated carbocycles. The minimum atomic E-state index is -1.91. The van der Waals surface area contributed by atoms with E-state index in [1.165, 1.54) is 93.2 Å². The molecule has 0 aliphatic carbocycles. The molecule has 0 amide bonds. The molecular formula is C39H90O10P4Tc+4.